The monoisotopic (exact) mass is 463 g/mol. The maximum Gasteiger partial charge on any atom is 0.0603 e. The van der Waals surface area contributed by atoms with Crippen LogP contribution in [0.4, 0.5) is 17.1 Å². The number of unbranched alkanes of at least 4 members (excludes halogenated alkanes) is 4. The lowest BCUT2D eigenvalue weighted by Crippen LogP contribution is -2.11. The molecule has 0 saturated heterocycles. The minimum atomic E-state index is 1.11. The molecule has 2 heteroatoms. The Morgan fingerprint density at radius 2 is 1.20 bits per heavy atom. The Hall–Kier alpha value is -2.06. The fourth-order valence-corrected chi connectivity index (χ4v) is 4.42. The van der Waals surface area contributed by atoms with Crippen LogP contribution in [0.5, 0.6) is 0 Å². The molecule has 0 fully saturated rings. The van der Waals surface area contributed by atoms with E-state index in [9.17, 15) is 0 Å². The molecule has 0 heterocycles. The predicted molar refractivity (Wildman–Crippen MR) is 135 cm³/mol. The van der Waals surface area contributed by atoms with Gasteiger partial charge in [0, 0.05) is 15.8 Å². The zero-order valence-corrected chi connectivity index (χ0v) is 20.0. The van der Waals surface area contributed by atoms with Crippen LogP contribution >= 0.6 is 15.9 Å². The number of halogens is 1. The molecule has 0 saturated carbocycles. The molecule has 1 nitrogen and oxygen atoms in total. The van der Waals surface area contributed by atoms with Crippen molar-refractivity contribution in [3.05, 3.63) is 88.4 Å². The number of hydrogen-bond donors (Lipinski definition) is 0. The molecule has 0 aromatic heterocycles. The van der Waals surface area contributed by atoms with E-state index in [1.54, 1.807) is 0 Å². The second-order valence-electron chi connectivity index (χ2n) is 8.04. The highest BCUT2D eigenvalue weighted by Crippen LogP contribution is 2.39. The Kier molecular flexibility index (Phi) is 9.01. The van der Waals surface area contributed by atoms with Crippen molar-refractivity contribution in [3.8, 4) is 0 Å². The summed E-state index contributed by atoms with van der Waals surface area (Å²) in [5.74, 6) is 0. The summed E-state index contributed by atoms with van der Waals surface area (Å²) in [7, 11) is 0. The third kappa shape index (κ3) is 6.22. The van der Waals surface area contributed by atoms with E-state index in [1.807, 2.05) is 0 Å². The molecular formula is C28H34BrN. The summed E-state index contributed by atoms with van der Waals surface area (Å²) >= 11 is 3.79. The minimum absolute atomic E-state index is 1.11. The number of anilines is 3. The summed E-state index contributed by atoms with van der Waals surface area (Å²) in [5, 5.41) is 0. The van der Waals surface area contributed by atoms with Gasteiger partial charge < -0.3 is 4.90 Å². The van der Waals surface area contributed by atoms with E-state index in [1.165, 1.54) is 66.7 Å². The van der Waals surface area contributed by atoms with Crippen LogP contribution in [0.1, 0.15) is 63.5 Å². The fraction of sp³-hybridized carbons (Fsp3) is 0.357. The maximum atomic E-state index is 3.79. The van der Waals surface area contributed by atoms with E-state index in [0.717, 1.165) is 17.3 Å². The summed E-state index contributed by atoms with van der Waals surface area (Å²) < 4.78 is 1.11. The van der Waals surface area contributed by atoms with Crippen LogP contribution in [-0.4, -0.2) is 0 Å². The highest BCUT2D eigenvalue weighted by atomic mass is 79.9. The van der Waals surface area contributed by atoms with Gasteiger partial charge in [-0.2, -0.15) is 0 Å². The van der Waals surface area contributed by atoms with Gasteiger partial charge >= 0.3 is 0 Å². The fourth-order valence-electron chi connectivity index (χ4n) is 3.96. The van der Waals surface area contributed by atoms with Gasteiger partial charge in [0.15, 0.2) is 0 Å². The van der Waals surface area contributed by atoms with Crippen molar-refractivity contribution in [2.75, 3.05) is 4.90 Å². The van der Waals surface area contributed by atoms with E-state index >= 15 is 0 Å². The molecule has 0 spiro atoms. The Labute approximate surface area is 191 Å². The first kappa shape index (κ1) is 22.6. The number of benzene rings is 3. The first-order chi connectivity index (χ1) is 14.7. The largest absolute Gasteiger partial charge is 0.309 e. The van der Waals surface area contributed by atoms with Gasteiger partial charge in [0.25, 0.3) is 0 Å². The van der Waals surface area contributed by atoms with Crippen molar-refractivity contribution >= 4 is 33.0 Å². The molecule has 3 aromatic rings. The smallest absolute Gasteiger partial charge is 0.0603 e. The average molecular weight is 464 g/mol. The topological polar surface area (TPSA) is 3.24 Å². The van der Waals surface area contributed by atoms with Crippen LogP contribution in [0.2, 0.25) is 0 Å². The maximum absolute atomic E-state index is 3.79. The van der Waals surface area contributed by atoms with Gasteiger partial charge in [-0.1, -0.05) is 75.9 Å². The van der Waals surface area contributed by atoms with Crippen molar-refractivity contribution in [2.24, 2.45) is 0 Å². The highest BCUT2D eigenvalue weighted by molar-refractivity contribution is 9.10. The third-order valence-corrected chi connectivity index (χ3v) is 6.21. The van der Waals surface area contributed by atoms with Crippen LogP contribution in [0.15, 0.2) is 77.3 Å². The zero-order chi connectivity index (χ0) is 21.2. The highest BCUT2D eigenvalue weighted by Gasteiger charge is 2.16. The standard InChI is InChI=1S/C28H34BrN/c1-3-5-8-14-23-20-24(15-9-6-4-2)22-26(21-23)30(25-16-10-7-11-17-25)28-19-13-12-18-27(28)29/h7,10-13,16-22H,3-6,8-9,14-15H2,1-2H3. The van der Waals surface area contributed by atoms with Crippen molar-refractivity contribution in [1.82, 2.24) is 0 Å². The molecule has 30 heavy (non-hydrogen) atoms. The van der Waals surface area contributed by atoms with Crippen LogP contribution < -0.4 is 4.90 Å². The van der Waals surface area contributed by atoms with Gasteiger partial charge in [0.1, 0.15) is 0 Å². The van der Waals surface area contributed by atoms with Crippen molar-refractivity contribution < 1.29 is 0 Å². The number of para-hydroxylation sites is 2. The van der Waals surface area contributed by atoms with E-state index in [2.05, 4.69) is 107 Å². The van der Waals surface area contributed by atoms with Crippen molar-refractivity contribution in [1.29, 1.82) is 0 Å². The molecule has 3 rings (SSSR count). The second-order valence-corrected chi connectivity index (χ2v) is 8.90. The Balaban J connectivity index is 2.05. The Bertz CT molecular complexity index is 875. The van der Waals surface area contributed by atoms with Crippen molar-refractivity contribution in [2.45, 2.75) is 65.2 Å². The number of nitrogens with zero attached hydrogens (tertiary/aromatic N) is 1. The minimum Gasteiger partial charge on any atom is -0.309 e. The molecule has 0 aliphatic rings. The molecule has 0 unspecified atom stereocenters. The van der Waals surface area contributed by atoms with Crippen LogP contribution in [0.3, 0.4) is 0 Å². The lowest BCUT2D eigenvalue weighted by molar-refractivity contribution is 0.708. The number of aryl methyl sites for hydroxylation is 2. The van der Waals surface area contributed by atoms with Gasteiger partial charge in [0.05, 0.1) is 5.69 Å². The van der Waals surface area contributed by atoms with Gasteiger partial charge in [-0.3, -0.25) is 0 Å². The van der Waals surface area contributed by atoms with Gasteiger partial charge in [-0.05, 0) is 89.1 Å². The summed E-state index contributed by atoms with van der Waals surface area (Å²) in [6.45, 7) is 4.55. The summed E-state index contributed by atoms with van der Waals surface area (Å²) in [5.41, 5.74) is 6.54. The summed E-state index contributed by atoms with van der Waals surface area (Å²) in [6, 6.07) is 26.4. The molecular weight excluding hydrogens is 430 g/mol. The third-order valence-electron chi connectivity index (χ3n) is 5.54. The van der Waals surface area contributed by atoms with E-state index in [-0.39, 0.29) is 0 Å². The normalized spacial score (nSPS) is 10.9. The van der Waals surface area contributed by atoms with Gasteiger partial charge in [-0.25, -0.2) is 0 Å². The van der Waals surface area contributed by atoms with E-state index < -0.39 is 0 Å². The first-order valence-electron chi connectivity index (χ1n) is 11.5. The second kappa shape index (κ2) is 12.0. The molecule has 0 bridgehead atoms. The Morgan fingerprint density at radius 1 is 0.633 bits per heavy atom. The first-order valence-corrected chi connectivity index (χ1v) is 12.2. The molecule has 0 atom stereocenters. The van der Waals surface area contributed by atoms with E-state index in [0.29, 0.717) is 0 Å². The molecule has 3 aromatic carbocycles. The molecule has 0 N–H and O–H groups in total. The molecule has 0 aliphatic heterocycles. The van der Waals surface area contributed by atoms with E-state index in [4.69, 9.17) is 0 Å². The number of rotatable bonds is 11. The quantitative estimate of drug-likeness (QED) is 0.256. The summed E-state index contributed by atoms with van der Waals surface area (Å²) in [4.78, 5) is 2.39. The molecule has 0 amide bonds. The lowest BCUT2D eigenvalue weighted by Gasteiger charge is -2.27. The number of hydrogen-bond acceptors (Lipinski definition) is 1. The van der Waals surface area contributed by atoms with Crippen LogP contribution in [0, 0.1) is 0 Å². The molecule has 158 valence electrons. The zero-order valence-electron chi connectivity index (χ0n) is 18.4. The van der Waals surface area contributed by atoms with Crippen molar-refractivity contribution in [3.63, 3.8) is 0 Å². The van der Waals surface area contributed by atoms with Gasteiger partial charge in [-0.15, -0.1) is 0 Å². The predicted octanol–water partition coefficient (Wildman–Crippen LogP) is 9.38. The summed E-state index contributed by atoms with van der Waals surface area (Å²) in [6.07, 6.45) is 9.93. The van der Waals surface area contributed by atoms with Crippen LogP contribution in [0.25, 0.3) is 0 Å². The lowest BCUT2D eigenvalue weighted by atomic mass is 9.99. The van der Waals surface area contributed by atoms with Crippen LogP contribution in [-0.2, 0) is 12.8 Å². The molecule has 0 radical (unpaired) electrons. The SMILES string of the molecule is CCCCCc1cc(CCCCC)cc(N(c2ccccc2)c2ccccc2Br)c1. The van der Waals surface area contributed by atoms with Gasteiger partial charge in [0.2, 0.25) is 0 Å². The molecule has 0 aliphatic carbocycles. The Morgan fingerprint density at radius 3 is 1.77 bits per heavy atom. The average Bonchev–Trinajstić information content (AvgIpc) is 2.76.